The summed E-state index contributed by atoms with van der Waals surface area (Å²) < 4.78 is 0. The summed E-state index contributed by atoms with van der Waals surface area (Å²) in [5, 5.41) is 1.19. The summed E-state index contributed by atoms with van der Waals surface area (Å²) in [6.45, 7) is 4.22. The highest BCUT2D eigenvalue weighted by Crippen LogP contribution is 2.25. The van der Waals surface area contributed by atoms with Crippen molar-refractivity contribution >= 4 is 17.0 Å². The molecule has 0 fully saturated rings. The van der Waals surface area contributed by atoms with E-state index in [-0.39, 0.29) is 0 Å². The van der Waals surface area contributed by atoms with Crippen molar-refractivity contribution in [3.8, 4) is 11.3 Å². The minimum atomic E-state index is 0.985. The van der Waals surface area contributed by atoms with Crippen LogP contribution in [0.2, 0.25) is 0 Å². The first-order chi connectivity index (χ1) is 9.74. The van der Waals surface area contributed by atoms with Gasteiger partial charge in [0.25, 0.3) is 0 Å². The number of fused-ring (bicyclic) bond motifs is 1. The Morgan fingerprint density at radius 2 is 1.75 bits per heavy atom. The van der Waals surface area contributed by atoms with Gasteiger partial charge in [0, 0.05) is 23.3 Å². The maximum Gasteiger partial charge on any atom is 0.0716 e. The first-order valence-corrected chi connectivity index (χ1v) is 6.69. The van der Waals surface area contributed by atoms with E-state index in [1.165, 1.54) is 16.5 Å². The highest BCUT2D eigenvalue weighted by atomic mass is 14.7. The molecule has 98 valence electrons. The number of aromatic nitrogens is 2. The van der Waals surface area contributed by atoms with E-state index in [0.29, 0.717) is 0 Å². The van der Waals surface area contributed by atoms with Crippen molar-refractivity contribution in [1.82, 2.24) is 9.97 Å². The smallest absolute Gasteiger partial charge is 0.0716 e. The molecule has 0 radical (unpaired) electrons. The second-order valence-electron chi connectivity index (χ2n) is 5.07. The van der Waals surface area contributed by atoms with Crippen molar-refractivity contribution in [3.05, 3.63) is 66.0 Å². The quantitative estimate of drug-likeness (QED) is 0.666. The molecule has 0 spiro atoms. The predicted molar refractivity (Wildman–Crippen MR) is 84.3 cm³/mol. The zero-order chi connectivity index (χ0) is 13.9. The van der Waals surface area contributed by atoms with Gasteiger partial charge < -0.3 is 0 Å². The monoisotopic (exact) mass is 260 g/mol. The maximum absolute atomic E-state index is 4.76. The molecule has 0 amide bonds. The predicted octanol–water partition coefficient (Wildman–Crippen LogP) is 4.72. The van der Waals surface area contributed by atoms with Crippen LogP contribution in [0.15, 0.2) is 60.4 Å². The number of rotatable bonds is 2. The number of benzene rings is 1. The summed E-state index contributed by atoms with van der Waals surface area (Å²) in [5.74, 6) is 0. The molecule has 0 bridgehead atoms. The molecule has 0 unspecified atom stereocenters. The molecular formula is C18H16N2. The first-order valence-electron chi connectivity index (χ1n) is 6.69. The van der Waals surface area contributed by atoms with E-state index in [4.69, 9.17) is 4.98 Å². The van der Waals surface area contributed by atoms with Crippen LogP contribution in [0.1, 0.15) is 19.4 Å². The molecule has 20 heavy (non-hydrogen) atoms. The molecule has 2 nitrogen and oxygen atoms in total. The Labute approximate surface area is 118 Å². The van der Waals surface area contributed by atoms with Gasteiger partial charge in [-0.3, -0.25) is 4.98 Å². The lowest BCUT2D eigenvalue weighted by Crippen LogP contribution is -1.89. The molecule has 2 heterocycles. The van der Waals surface area contributed by atoms with E-state index >= 15 is 0 Å². The molecule has 3 rings (SSSR count). The number of para-hydroxylation sites is 1. The standard InChI is InChI=1S/C18H16N2/c1-13(2)11-15-12-18(14-7-9-19-10-8-14)20-17-6-4-3-5-16(15)17/h3-12H,1-2H3. The lowest BCUT2D eigenvalue weighted by atomic mass is 10.0. The molecule has 0 aliphatic rings. The van der Waals surface area contributed by atoms with Crippen LogP contribution in [0.25, 0.3) is 28.2 Å². The summed E-state index contributed by atoms with van der Waals surface area (Å²) >= 11 is 0. The van der Waals surface area contributed by atoms with Crippen LogP contribution in [0.4, 0.5) is 0 Å². The minimum absolute atomic E-state index is 0.985. The summed E-state index contributed by atoms with van der Waals surface area (Å²) in [6.07, 6.45) is 5.80. The van der Waals surface area contributed by atoms with E-state index < -0.39 is 0 Å². The topological polar surface area (TPSA) is 25.8 Å². The van der Waals surface area contributed by atoms with E-state index in [9.17, 15) is 0 Å². The highest BCUT2D eigenvalue weighted by Gasteiger charge is 2.05. The van der Waals surface area contributed by atoms with Crippen molar-refractivity contribution in [1.29, 1.82) is 0 Å². The Morgan fingerprint density at radius 1 is 1.00 bits per heavy atom. The van der Waals surface area contributed by atoms with Gasteiger partial charge in [0.1, 0.15) is 0 Å². The molecule has 0 saturated heterocycles. The average Bonchev–Trinajstić information content (AvgIpc) is 2.47. The van der Waals surface area contributed by atoms with Gasteiger partial charge in [0.15, 0.2) is 0 Å². The van der Waals surface area contributed by atoms with Crippen molar-refractivity contribution < 1.29 is 0 Å². The highest BCUT2D eigenvalue weighted by molar-refractivity contribution is 5.90. The third-order valence-corrected chi connectivity index (χ3v) is 3.17. The second kappa shape index (κ2) is 5.25. The van der Waals surface area contributed by atoms with Crippen molar-refractivity contribution in [2.24, 2.45) is 0 Å². The van der Waals surface area contributed by atoms with E-state index in [2.05, 4.69) is 49.2 Å². The van der Waals surface area contributed by atoms with Crippen molar-refractivity contribution in [2.45, 2.75) is 13.8 Å². The van der Waals surface area contributed by atoms with E-state index in [0.717, 1.165) is 16.8 Å². The lowest BCUT2D eigenvalue weighted by molar-refractivity contribution is 1.31. The van der Waals surface area contributed by atoms with Crippen LogP contribution >= 0.6 is 0 Å². The van der Waals surface area contributed by atoms with Gasteiger partial charge in [-0.25, -0.2) is 4.98 Å². The third-order valence-electron chi connectivity index (χ3n) is 3.17. The van der Waals surface area contributed by atoms with Gasteiger partial charge in [-0.2, -0.15) is 0 Å². The van der Waals surface area contributed by atoms with Gasteiger partial charge in [-0.15, -0.1) is 0 Å². The van der Waals surface area contributed by atoms with Crippen LogP contribution in [-0.4, -0.2) is 9.97 Å². The van der Waals surface area contributed by atoms with Crippen LogP contribution in [-0.2, 0) is 0 Å². The fourth-order valence-corrected chi connectivity index (χ4v) is 2.30. The fourth-order valence-electron chi connectivity index (χ4n) is 2.30. The molecule has 2 aromatic heterocycles. The molecule has 1 aromatic carbocycles. The number of allylic oxidation sites excluding steroid dienone is 1. The summed E-state index contributed by atoms with van der Waals surface area (Å²) in [5.41, 5.74) is 5.59. The van der Waals surface area contributed by atoms with Gasteiger partial charge in [-0.1, -0.05) is 29.8 Å². The first kappa shape index (κ1) is 12.5. The van der Waals surface area contributed by atoms with Crippen LogP contribution < -0.4 is 0 Å². The molecular weight excluding hydrogens is 244 g/mol. The largest absolute Gasteiger partial charge is 0.265 e. The van der Waals surface area contributed by atoms with E-state index in [1.807, 2.05) is 18.2 Å². The van der Waals surface area contributed by atoms with E-state index in [1.54, 1.807) is 12.4 Å². The Hall–Kier alpha value is -2.48. The molecule has 0 atom stereocenters. The second-order valence-corrected chi connectivity index (χ2v) is 5.07. The molecule has 3 aromatic rings. The Kier molecular flexibility index (Phi) is 3.30. The lowest BCUT2D eigenvalue weighted by Gasteiger charge is -2.07. The van der Waals surface area contributed by atoms with Crippen LogP contribution in [0, 0.1) is 0 Å². The number of pyridine rings is 2. The molecule has 0 saturated carbocycles. The van der Waals surface area contributed by atoms with Crippen LogP contribution in [0.5, 0.6) is 0 Å². The number of hydrogen-bond acceptors (Lipinski definition) is 2. The van der Waals surface area contributed by atoms with Gasteiger partial charge in [0.2, 0.25) is 0 Å². The van der Waals surface area contributed by atoms with Gasteiger partial charge >= 0.3 is 0 Å². The Balaban J connectivity index is 2.28. The fraction of sp³-hybridized carbons (Fsp3) is 0.111. The minimum Gasteiger partial charge on any atom is -0.265 e. The third kappa shape index (κ3) is 2.45. The Morgan fingerprint density at radius 3 is 2.50 bits per heavy atom. The average molecular weight is 260 g/mol. The zero-order valence-electron chi connectivity index (χ0n) is 11.7. The molecule has 0 aliphatic heterocycles. The summed E-state index contributed by atoms with van der Waals surface area (Å²) in [6, 6.07) is 14.4. The SMILES string of the molecule is CC(C)=Cc1cc(-c2ccncc2)nc2ccccc12. The Bertz CT molecular complexity index is 770. The normalized spacial score (nSPS) is 10.5. The van der Waals surface area contributed by atoms with Gasteiger partial charge in [0.05, 0.1) is 11.2 Å². The molecule has 2 heteroatoms. The van der Waals surface area contributed by atoms with Crippen molar-refractivity contribution in [2.75, 3.05) is 0 Å². The number of hydrogen-bond donors (Lipinski definition) is 0. The summed E-state index contributed by atoms with van der Waals surface area (Å²) in [4.78, 5) is 8.82. The van der Waals surface area contributed by atoms with Crippen LogP contribution in [0.3, 0.4) is 0 Å². The zero-order valence-corrected chi connectivity index (χ0v) is 11.7. The molecule has 0 N–H and O–H groups in total. The summed E-state index contributed by atoms with van der Waals surface area (Å²) in [7, 11) is 0. The van der Waals surface area contributed by atoms with Crippen molar-refractivity contribution in [3.63, 3.8) is 0 Å². The maximum atomic E-state index is 4.76. The molecule has 0 aliphatic carbocycles. The van der Waals surface area contributed by atoms with Gasteiger partial charge in [-0.05, 0) is 43.7 Å². The number of nitrogens with zero attached hydrogens (tertiary/aromatic N) is 2.